The van der Waals surface area contributed by atoms with Crippen molar-refractivity contribution >= 4 is 17.4 Å². The van der Waals surface area contributed by atoms with Crippen LogP contribution in [0.5, 0.6) is 0 Å². The summed E-state index contributed by atoms with van der Waals surface area (Å²) in [5, 5.41) is 0. The van der Waals surface area contributed by atoms with Crippen molar-refractivity contribution in [1.82, 2.24) is 4.98 Å². The molecule has 75 valence electrons. The van der Waals surface area contributed by atoms with E-state index in [2.05, 4.69) is 11.9 Å². The van der Waals surface area contributed by atoms with E-state index in [9.17, 15) is 4.39 Å². The quantitative estimate of drug-likeness (QED) is 0.743. The molecule has 0 aliphatic heterocycles. The van der Waals surface area contributed by atoms with Crippen LogP contribution in [0, 0.1) is 6.92 Å². The summed E-state index contributed by atoms with van der Waals surface area (Å²) in [5.74, 6) is -0.426. The summed E-state index contributed by atoms with van der Waals surface area (Å²) in [7, 11) is 0. The van der Waals surface area contributed by atoms with Gasteiger partial charge < -0.3 is 0 Å². The number of thiophene rings is 1. The minimum absolute atomic E-state index is 0.426. The SMILES string of the molecule is [CH2]/C(F)=C\c1ccc(-c2ccccn2)s1. The van der Waals surface area contributed by atoms with Crippen molar-refractivity contribution in [2.24, 2.45) is 0 Å². The Morgan fingerprint density at radius 1 is 1.33 bits per heavy atom. The third kappa shape index (κ3) is 2.50. The van der Waals surface area contributed by atoms with Crippen molar-refractivity contribution < 1.29 is 4.39 Å². The van der Waals surface area contributed by atoms with E-state index >= 15 is 0 Å². The molecule has 0 saturated carbocycles. The Balaban J connectivity index is 2.32. The van der Waals surface area contributed by atoms with Gasteiger partial charge >= 0.3 is 0 Å². The summed E-state index contributed by atoms with van der Waals surface area (Å²) in [5.41, 5.74) is 0.909. The topological polar surface area (TPSA) is 12.9 Å². The van der Waals surface area contributed by atoms with Crippen LogP contribution in [-0.2, 0) is 0 Å². The fraction of sp³-hybridized carbons (Fsp3) is 0. The Kier molecular flexibility index (Phi) is 2.92. The molecular formula is C12H9FNS. The number of nitrogens with zero attached hydrogens (tertiary/aromatic N) is 1. The van der Waals surface area contributed by atoms with E-state index in [0.717, 1.165) is 15.4 Å². The molecule has 0 N–H and O–H groups in total. The van der Waals surface area contributed by atoms with Crippen LogP contribution in [0.25, 0.3) is 16.6 Å². The van der Waals surface area contributed by atoms with Crippen LogP contribution in [0.1, 0.15) is 4.88 Å². The first-order valence-electron chi connectivity index (χ1n) is 4.46. The van der Waals surface area contributed by atoms with Gasteiger partial charge in [-0.05, 0) is 30.3 Å². The second-order valence-corrected chi connectivity index (χ2v) is 4.12. The molecule has 0 unspecified atom stereocenters. The van der Waals surface area contributed by atoms with Gasteiger partial charge in [-0.25, -0.2) is 4.39 Å². The highest BCUT2D eigenvalue weighted by Gasteiger charge is 2.01. The predicted octanol–water partition coefficient (Wildman–Crippen LogP) is 3.95. The Morgan fingerprint density at radius 3 is 2.87 bits per heavy atom. The van der Waals surface area contributed by atoms with E-state index in [0.29, 0.717) is 0 Å². The maximum Gasteiger partial charge on any atom is 0.102 e. The first kappa shape index (κ1) is 10.1. The second-order valence-electron chi connectivity index (χ2n) is 3.01. The first-order chi connectivity index (χ1) is 7.25. The van der Waals surface area contributed by atoms with Crippen LogP contribution >= 0.6 is 11.3 Å². The molecule has 3 heteroatoms. The van der Waals surface area contributed by atoms with Gasteiger partial charge in [0, 0.05) is 18.0 Å². The van der Waals surface area contributed by atoms with E-state index in [4.69, 9.17) is 0 Å². The molecule has 0 saturated heterocycles. The van der Waals surface area contributed by atoms with E-state index in [1.54, 1.807) is 6.20 Å². The third-order valence-corrected chi connectivity index (χ3v) is 2.90. The monoisotopic (exact) mass is 218 g/mol. The summed E-state index contributed by atoms with van der Waals surface area (Å²) in [6, 6.07) is 9.52. The molecule has 0 amide bonds. The smallest absolute Gasteiger partial charge is 0.102 e. The van der Waals surface area contributed by atoms with Crippen molar-refractivity contribution in [3.8, 4) is 10.6 Å². The molecule has 0 spiro atoms. The van der Waals surface area contributed by atoms with Crippen molar-refractivity contribution in [3.63, 3.8) is 0 Å². The largest absolute Gasteiger partial charge is 0.255 e. The molecular weight excluding hydrogens is 209 g/mol. The standard InChI is InChI=1S/C12H9FNS/c1-9(13)8-10-5-6-12(15-10)11-4-2-3-7-14-11/h2-8H,1H2/b9-8+. The minimum atomic E-state index is -0.426. The zero-order valence-corrected chi connectivity index (χ0v) is 8.80. The van der Waals surface area contributed by atoms with E-state index in [-0.39, 0.29) is 0 Å². The molecule has 0 aliphatic rings. The number of hydrogen-bond acceptors (Lipinski definition) is 2. The highest BCUT2D eigenvalue weighted by molar-refractivity contribution is 7.16. The van der Waals surface area contributed by atoms with Crippen LogP contribution in [0.3, 0.4) is 0 Å². The second kappa shape index (κ2) is 4.36. The van der Waals surface area contributed by atoms with E-state index < -0.39 is 5.83 Å². The zero-order valence-electron chi connectivity index (χ0n) is 7.98. The predicted molar refractivity (Wildman–Crippen MR) is 62.0 cm³/mol. The molecule has 1 radical (unpaired) electrons. The van der Waals surface area contributed by atoms with Crippen LogP contribution in [-0.4, -0.2) is 4.98 Å². The molecule has 2 heterocycles. The van der Waals surface area contributed by atoms with Gasteiger partial charge in [-0.15, -0.1) is 11.3 Å². The number of hydrogen-bond donors (Lipinski definition) is 0. The minimum Gasteiger partial charge on any atom is -0.255 e. The fourth-order valence-electron chi connectivity index (χ4n) is 1.23. The van der Waals surface area contributed by atoms with Gasteiger partial charge in [0.25, 0.3) is 0 Å². The maximum atomic E-state index is 12.5. The van der Waals surface area contributed by atoms with Crippen LogP contribution < -0.4 is 0 Å². The van der Waals surface area contributed by atoms with Gasteiger partial charge in [0.15, 0.2) is 0 Å². The van der Waals surface area contributed by atoms with Crippen LogP contribution in [0.4, 0.5) is 4.39 Å². The molecule has 0 fully saturated rings. The lowest BCUT2D eigenvalue weighted by Crippen LogP contribution is -1.75. The highest BCUT2D eigenvalue weighted by Crippen LogP contribution is 2.27. The third-order valence-electron chi connectivity index (χ3n) is 1.84. The Bertz CT molecular complexity index is 469. The van der Waals surface area contributed by atoms with Crippen molar-refractivity contribution in [1.29, 1.82) is 0 Å². The molecule has 0 aromatic carbocycles. The lowest BCUT2D eigenvalue weighted by Gasteiger charge is -1.93. The van der Waals surface area contributed by atoms with Crippen LogP contribution in [0.15, 0.2) is 42.4 Å². The van der Waals surface area contributed by atoms with Gasteiger partial charge in [-0.3, -0.25) is 4.98 Å². The molecule has 2 aromatic heterocycles. The summed E-state index contributed by atoms with van der Waals surface area (Å²) in [4.78, 5) is 6.10. The summed E-state index contributed by atoms with van der Waals surface area (Å²) >= 11 is 1.50. The average Bonchev–Trinajstić information content (AvgIpc) is 2.67. The normalized spacial score (nSPS) is 11.7. The summed E-state index contributed by atoms with van der Waals surface area (Å²) in [6.07, 6.45) is 3.16. The molecule has 2 aromatic rings. The number of allylic oxidation sites excluding steroid dienone is 1. The molecule has 0 atom stereocenters. The molecule has 15 heavy (non-hydrogen) atoms. The van der Waals surface area contributed by atoms with Gasteiger partial charge in [-0.1, -0.05) is 6.07 Å². The summed E-state index contributed by atoms with van der Waals surface area (Å²) in [6.45, 7) is 3.20. The lowest BCUT2D eigenvalue weighted by molar-refractivity contribution is 0.673. The Hall–Kier alpha value is -1.48. The number of pyridine rings is 1. The van der Waals surface area contributed by atoms with E-state index in [1.807, 2.05) is 30.3 Å². The average molecular weight is 218 g/mol. The lowest BCUT2D eigenvalue weighted by atomic mass is 10.3. The molecule has 1 nitrogen and oxygen atoms in total. The van der Waals surface area contributed by atoms with Gasteiger partial charge in [-0.2, -0.15) is 0 Å². The van der Waals surface area contributed by atoms with Crippen molar-refractivity contribution in [2.75, 3.05) is 0 Å². The molecule has 0 aliphatic carbocycles. The Labute approximate surface area is 91.9 Å². The van der Waals surface area contributed by atoms with Gasteiger partial charge in [0.1, 0.15) is 5.83 Å². The maximum absolute atomic E-state index is 12.5. The number of aromatic nitrogens is 1. The number of halogens is 1. The molecule has 2 rings (SSSR count). The Morgan fingerprint density at radius 2 is 2.20 bits per heavy atom. The van der Waals surface area contributed by atoms with Crippen molar-refractivity contribution in [2.45, 2.75) is 0 Å². The molecule has 0 bridgehead atoms. The van der Waals surface area contributed by atoms with Crippen molar-refractivity contribution in [3.05, 3.63) is 54.2 Å². The van der Waals surface area contributed by atoms with Crippen LogP contribution in [0.2, 0.25) is 0 Å². The summed E-state index contributed by atoms with van der Waals surface area (Å²) < 4.78 is 12.5. The highest BCUT2D eigenvalue weighted by atomic mass is 32.1. The zero-order chi connectivity index (χ0) is 10.7. The van der Waals surface area contributed by atoms with Gasteiger partial charge in [0.05, 0.1) is 10.6 Å². The number of rotatable bonds is 2. The first-order valence-corrected chi connectivity index (χ1v) is 5.28. The van der Waals surface area contributed by atoms with E-state index in [1.165, 1.54) is 17.4 Å². The fourth-order valence-corrected chi connectivity index (χ4v) is 2.17. The van der Waals surface area contributed by atoms with Gasteiger partial charge in [0.2, 0.25) is 0 Å².